The number of thiazole rings is 2. The number of benzene rings is 4. The topological polar surface area (TPSA) is 51.6 Å². The second-order valence-corrected chi connectivity index (χ2v) is 11.1. The van der Waals surface area contributed by atoms with Gasteiger partial charge < -0.3 is 0 Å². The van der Waals surface area contributed by atoms with E-state index in [1.165, 1.54) is 43.4 Å². The zero-order valence-corrected chi connectivity index (χ0v) is 21.6. The van der Waals surface area contributed by atoms with Crippen LogP contribution in [0.15, 0.2) is 108 Å². The van der Waals surface area contributed by atoms with Crippen molar-refractivity contribution in [3.05, 3.63) is 108 Å². The van der Waals surface area contributed by atoms with E-state index in [-0.39, 0.29) is 0 Å². The standard InChI is InChI=1S/C32H18N4S2/c1-2-20-14-26(24-6-8-28(36-18-24)32-34-10-12-38-32)16-22-4-3-21-15-25(13-19(1)29(21)30(20)22)23-5-7-27(35-17-23)31-33-9-11-37-31/h1-18H. The van der Waals surface area contributed by atoms with Crippen molar-refractivity contribution >= 4 is 55.0 Å². The van der Waals surface area contributed by atoms with Crippen molar-refractivity contribution in [2.24, 2.45) is 0 Å². The molecule has 0 N–H and O–H groups in total. The van der Waals surface area contributed by atoms with Gasteiger partial charge in [-0.15, -0.1) is 22.7 Å². The summed E-state index contributed by atoms with van der Waals surface area (Å²) in [6.45, 7) is 0. The van der Waals surface area contributed by atoms with Crippen LogP contribution in [0.3, 0.4) is 0 Å². The fourth-order valence-electron chi connectivity index (χ4n) is 5.25. The zero-order chi connectivity index (χ0) is 25.1. The second kappa shape index (κ2) is 8.52. The van der Waals surface area contributed by atoms with E-state index in [9.17, 15) is 0 Å². The lowest BCUT2D eigenvalue weighted by atomic mass is 9.90. The Morgan fingerprint density at radius 2 is 0.842 bits per heavy atom. The van der Waals surface area contributed by atoms with Gasteiger partial charge >= 0.3 is 0 Å². The first-order valence-corrected chi connectivity index (χ1v) is 14.0. The molecular weight excluding hydrogens is 505 g/mol. The molecular formula is C32H18N4S2. The van der Waals surface area contributed by atoms with Crippen molar-refractivity contribution in [3.63, 3.8) is 0 Å². The maximum Gasteiger partial charge on any atom is 0.141 e. The van der Waals surface area contributed by atoms with Gasteiger partial charge in [-0.2, -0.15) is 0 Å². The zero-order valence-electron chi connectivity index (χ0n) is 20.0. The lowest BCUT2D eigenvalue weighted by Crippen LogP contribution is -1.89. The van der Waals surface area contributed by atoms with E-state index >= 15 is 0 Å². The SMILES string of the molecule is c1csc(-c2ccc(-c3cc4ccc5cc(-c6ccc(-c7nccs7)nc6)cc6ccc(c3)c4c56)cn2)n1. The molecule has 0 spiro atoms. The average molecular weight is 523 g/mol. The maximum atomic E-state index is 4.68. The quantitative estimate of drug-likeness (QED) is 0.217. The highest BCUT2D eigenvalue weighted by Crippen LogP contribution is 2.39. The predicted octanol–water partition coefficient (Wildman–Crippen LogP) is 8.95. The molecule has 4 nitrogen and oxygen atoms in total. The van der Waals surface area contributed by atoms with E-state index in [0.29, 0.717) is 0 Å². The summed E-state index contributed by atoms with van der Waals surface area (Å²) in [5.41, 5.74) is 6.36. The molecule has 178 valence electrons. The molecule has 4 aromatic heterocycles. The van der Waals surface area contributed by atoms with Crippen LogP contribution < -0.4 is 0 Å². The Labute approximate surface area is 226 Å². The fourth-order valence-corrected chi connectivity index (χ4v) is 6.48. The molecule has 4 aromatic carbocycles. The van der Waals surface area contributed by atoms with Crippen LogP contribution in [0, 0.1) is 0 Å². The molecule has 0 amide bonds. The maximum absolute atomic E-state index is 4.68. The molecule has 8 rings (SSSR count). The molecule has 0 saturated carbocycles. The van der Waals surface area contributed by atoms with Crippen molar-refractivity contribution in [1.82, 2.24) is 19.9 Å². The van der Waals surface area contributed by atoms with E-state index in [4.69, 9.17) is 0 Å². The normalized spacial score (nSPS) is 11.7. The summed E-state index contributed by atoms with van der Waals surface area (Å²) < 4.78 is 0. The molecule has 0 atom stereocenters. The number of hydrogen-bond acceptors (Lipinski definition) is 6. The number of rotatable bonds is 4. The molecule has 38 heavy (non-hydrogen) atoms. The van der Waals surface area contributed by atoms with Gasteiger partial charge in [-0.1, -0.05) is 36.4 Å². The smallest absolute Gasteiger partial charge is 0.141 e. The first kappa shape index (κ1) is 21.6. The molecule has 6 heteroatoms. The third-order valence-corrected chi connectivity index (χ3v) is 8.62. The van der Waals surface area contributed by atoms with Crippen molar-refractivity contribution < 1.29 is 0 Å². The first-order chi connectivity index (χ1) is 18.8. The van der Waals surface area contributed by atoms with Crippen LogP contribution in [0.4, 0.5) is 0 Å². The molecule has 0 radical (unpaired) electrons. The highest BCUT2D eigenvalue weighted by atomic mass is 32.1. The first-order valence-electron chi connectivity index (χ1n) is 12.3. The van der Waals surface area contributed by atoms with E-state index < -0.39 is 0 Å². The van der Waals surface area contributed by atoms with Crippen molar-refractivity contribution in [2.75, 3.05) is 0 Å². The third kappa shape index (κ3) is 3.49. The molecule has 0 aliphatic heterocycles. The lowest BCUT2D eigenvalue weighted by Gasteiger charge is -2.14. The predicted molar refractivity (Wildman–Crippen MR) is 159 cm³/mol. The lowest BCUT2D eigenvalue weighted by molar-refractivity contribution is 1.29. The summed E-state index contributed by atoms with van der Waals surface area (Å²) >= 11 is 3.21. The Hall–Kier alpha value is -4.52. The van der Waals surface area contributed by atoms with Gasteiger partial charge in [0.2, 0.25) is 0 Å². The van der Waals surface area contributed by atoms with Gasteiger partial charge in [0.25, 0.3) is 0 Å². The highest BCUT2D eigenvalue weighted by Gasteiger charge is 2.13. The van der Waals surface area contributed by atoms with Crippen LogP contribution in [-0.2, 0) is 0 Å². The summed E-state index contributed by atoms with van der Waals surface area (Å²) in [6, 6.07) is 26.4. The Morgan fingerprint density at radius 3 is 1.16 bits per heavy atom. The van der Waals surface area contributed by atoms with E-state index in [1.54, 1.807) is 22.7 Å². The Kier molecular flexibility index (Phi) is 4.83. The summed E-state index contributed by atoms with van der Waals surface area (Å²) in [5.74, 6) is 0. The van der Waals surface area contributed by atoms with Crippen LogP contribution in [-0.4, -0.2) is 19.9 Å². The summed E-state index contributed by atoms with van der Waals surface area (Å²) in [5, 5.41) is 13.4. The molecule has 0 fully saturated rings. The summed E-state index contributed by atoms with van der Waals surface area (Å²) in [4.78, 5) is 18.1. The second-order valence-electron chi connectivity index (χ2n) is 9.26. The molecule has 0 bridgehead atoms. The minimum Gasteiger partial charge on any atom is -0.253 e. The van der Waals surface area contributed by atoms with Gasteiger partial charge in [0.15, 0.2) is 0 Å². The molecule has 4 heterocycles. The number of nitrogens with zero attached hydrogens (tertiary/aromatic N) is 4. The Balaban J connectivity index is 1.21. The van der Waals surface area contributed by atoms with Crippen molar-refractivity contribution in [1.29, 1.82) is 0 Å². The van der Waals surface area contributed by atoms with Gasteiger partial charge in [-0.05, 0) is 79.8 Å². The number of hydrogen-bond donors (Lipinski definition) is 0. The van der Waals surface area contributed by atoms with E-state index in [0.717, 1.165) is 32.5 Å². The third-order valence-electron chi connectivity index (χ3n) is 7.03. The molecule has 0 unspecified atom stereocenters. The van der Waals surface area contributed by atoms with Crippen LogP contribution >= 0.6 is 22.7 Å². The van der Waals surface area contributed by atoms with Gasteiger partial charge in [0.1, 0.15) is 10.0 Å². The largest absolute Gasteiger partial charge is 0.253 e. The number of aromatic nitrogens is 4. The molecule has 0 aliphatic rings. The average Bonchev–Trinajstić information content (AvgIpc) is 3.71. The van der Waals surface area contributed by atoms with Crippen molar-refractivity contribution in [3.8, 4) is 43.7 Å². The van der Waals surface area contributed by atoms with E-state index in [2.05, 4.69) is 92.7 Å². The molecule has 8 aromatic rings. The van der Waals surface area contributed by atoms with Gasteiger partial charge in [0, 0.05) is 46.7 Å². The van der Waals surface area contributed by atoms with Gasteiger partial charge in [-0.3, -0.25) is 9.97 Å². The summed E-state index contributed by atoms with van der Waals surface area (Å²) in [6.07, 6.45) is 7.52. The highest BCUT2D eigenvalue weighted by molar-refractivity contribution is 7.13. The minimum atomic E-state index is 0.908. The Bertz CT molecular complexity index is 1830. The van der Waals surface area contributed by atoms with Gasteiger partial charge in [0.05, 0.1) is 11.4 Å². The van der Waals surface area contributed by atoms with Gasteiger partial charge in [-0.25, -0.2) is 9.97 Å². The fraction of sp³-hybridized carbons (Fsp3) is 0. The molecule has 0 saturated heterocycles. The van der Waals surface area contributed by atoms with Crippen LogP contribution in [0.2, 0.25) is 0 Å². The minimum absolute atomic E-state index is 0.908. The molecule has 0 aliphatic carbocycles. The van der Waals surface area contributed by atoms with Crippen LogP contribution in [0.25, 0.3) is 76.0 Å². The summed E-state index contributed by atoms with van der Waals surface area (Å²) in [7, 11) is 0. The monoisotopic (exact) mass is 522 g/mol. The van der Waals surface area contributed by atoms with Crippen molar-refractivity contribution in [2.45, 2.75) is 0 Å². The Morgan fingerprint density at radius 1 is 0.421 bits per heavy atom. The number of pyridine rings is 2. The van der Waals surface area contributed by atoms with Crippen LogP contribution in [0.1, 0.15) is 0 Å². The van der Waals surface area contributed by atoms with Crippen LogP contribution in [0.5, 0.6) is 0 Å². The van der Waals surface area contributed by atoms with E-state index in [1.807, 2.05) is 35.5 Å².